The highest BCUT2D eigenvalue weighted by Crippen LogP contribution is 2.22. The maximum atomic E-state index is 13.7. The van der Waals surface area contributed by atoms with Gasteiger partial charge in [-0.3, -0.25) is 4.79 Å². The Bertz CT molecular complexity index is 769. The molecule has 0 bridgehead atoms. The lowest BCUT2D eigenvalue weighted by atomic mass is 10.1. The van der Waals surface area contributed by atoms with Crippen LogP contribution in [0.5, 0.6) is 0 Å². The van der Waals surface area contributed by atoms with Crippen LogP contribution in [-0.4, -0.2) is 5.91 Å². The van der Waals surface area contributed by atoms with Gasteiger partial charge in [-0.25, -0.2) is 13.2 Å². The summed E-state index contributed by atoms with van der Waals surface area (Å²) < 4.78 is 40.2. The molecule has 0 heterocycles. The average molecular weight is 291 g/mol. The molecular weight excluding hydrogens is 283 g/mol. The number of nitrogens with zero attached hydrogens (tertiary/aromatic N) is 1. The Hall–Kier alpha value is -3.01. The fourth-order valence-corrected chi connectivity index (χ4v) is 1.68. The summed E-state index contributed by atoms with van der Waals surface area (Å²) in [5, 5.41) is 11.0. The summed E-state index contributed by atoms with van der Waals surface area (Å²) in [5.41, 5.74) is 3.78. The van der Waals surface area contributed by atoms with E-state index in [1.54, 1.807) is 6.07 Å². The van der Waals surface area contributed by atoms with Crippen LogP contribution in [0.3, 0.4) is 0 Å². The van der Waals surface area contributed by atoms with Crippen molar-refractivity contribution in [2.45, 2.75) is 0 Å². The van der Waals surface area contributed by atoms with E-state index in [1.165, 1.54) is 0 Å². The van der Waals surface area contributed by atoms with Crippen molar-refractivity contribution in [3.8, 4) is 6.07 Å². The molecule has 0 aliphatic carbocycles. The van der Waals surface area contributed by atoms with Gasteiger partial charge in [0.2, 0.25) is 0 Å². The van der Waals surface area contributed by atoms with Crippen molar-refractivity contribution >= 4 is 17.3 Å². The summed E-state index contributed by atoms with van der Waals surface area (Å²) in [6.45, 7) is 0. The Labute approximate surface area is 117 Å². The van der Waals surface area contributed by atoms with Crippen molar-refractivity contribution in [1.82, 2.24) is 0 Å². The van der Waals surface area contributed by atoms with Crippen molar-refractivity contribution in [3.05, 3.63) is 58.9 Å². The van der Waals surface area contributed by atoms with Crippen LogP contribution in [-0.2, 0) is 0 Å². The largest absolute Gasteiger partial charge is 0.396 e. The minimum atomic E-state index is -1.20. The molecule has 2 aromatic carbocycles. The van der Waals surface area contributed by atoms with Crippen molar-refractivity contribution in [2.75, 3.05) is 11.1 Å². The van der Waals surface area contributed by atoms with Gasteiger partial charge >= 0.3 is 0 Å². The number of nitrogens with two attached hydrogens (primary N) is 1. The summed E-state index contributed by atoms with van der Waals surface area (Å²) >= 11 is 0. The predicted octanol–water partition coefficient (Wildman–Crippen LogP) is 2.81. The molecule has 7 heteroatoms. The fourth-order valence-electron chi connectivity index (χ4n) is 1.68. The molecule has 4 nitrogen and oxygen atoms in total. The van der Waals surface area contributed by atoms with E-state index < -0.39 is 28.9 Å². The first kappa shape index (κ1) is 14.4. The molecule has 0 fully saturated rings. The Morgan fingerprint density at radius 2 is 1.90 bits per heavy atom. The lowest BCUT2D eigenvalue weighted by Crippen LogP contribution is -2.17. The Morgan fingerprint density at radius 3 is 2.57 bits per heavy atom. The molecule has 21 heavy (non-hydrogen) atoms. The number of carbonyl (C=O) groups is 1. The second kappa shape index (κ2) is 5.54. The van der Waals surface area contributed by atoms with Crippen LogP contribution in [0.1, 0.15) is 15.9 Å². The number of nitrogens with one attached hydrogen (secondary N) is 1. The molecule has 2 aromatic rings. The number of hydrogen-bond acceptors (Lipinski definition) is 3. The maximum absolute atomic E-state index is 13.7. The highest BCUT2D eigenvalue weighted by Gasteiger charge is 2.20. The molecular formula is C14H8F3N3O. The molecule has 0 atom stereocenters. The minimum Gasteiger partial charge on any atom is -0.396 e. The third kappa shape index (κ3) is 2.79. The van der Waals surface area contributed by atoms with Crippen LogP contribution >= 0.6 is 0 Å². The molecule has 2 rings (SSSR count). The first-order valence-electron chi connectivity index (χ1n) is 5.68. The van der Waals surface area contributed by atoms with Crippen LogP contribution in [0.15, 0.2) is 30.3 Å². The number of nitrogen functional groups attached to an aromatic ring is 1. The SMILES string of the molecule is N#Cc1cc(F)ccc1NC(=O)c1c(F)ccc(N)c1F. The zero-order valence-electron chi connectivity index (χ0n) is 10.5. The van der Waals surface area contributed by atoms with Crippen LogP contribution < -0.4 is 11.1 Å². The van der Waals surface area contributed by atoms with Crippen LogP contribution in [0, 0.1) is 28.8 Å². The van der Waals surface area contributed by atoms with Gasteiger partial charge in [-0.05, 0) is 30.3 Å². The van der Waals surface area contributed by atoms with Gasteiger partial charge in [0.25, 0.3) is 5.91 Å². The van der Waals surface area contributed by atoms with E-state index in [0.717, 1.165) is 30.3 Å². The normalized spacial score (nSPS) is 10.0. The molecule has 0 aliphatic heterocycles. The average Bonchev–Trinajstić information content (AvgIpc) is 2.45. The summed E-state index contributed by atoms with van der Waals surface area (Å²) in [5.74, 6) is -4.10. The molecule has 106 valence electrons. The quantitative estimate of drug-likeness (QED) is 0.835. The molecule has 0 unspecified atom stereocenters. The van der Waals surface area contributed by atoms with Crippen molar-refractivity contribution < 1.29 is 18.0 Å². The third-order valence-electron chi connectivity index (χ3n) is 2.70. The highest BCUT2D eigenvalue weighted by atomic mass is 19.1. The zero-order valence-corrected chi connectivity index (χ0v) is 10.5. The van der Waals surface area contributed by atoms with Crippen molar-refractivity contribution in [3.63, 3.8) is 0 Å². The molecule has 0 saturated carbocycles. The molecule has 3 N–H and O–H groups in total. The smallest absolute Gasteiger partial charge is 0.261 e. The van der Waals surface area contributed by atoms with Gasteiger partial charge in [-0.15, -0.1) is 0 Å². The van der Waals surface area contributed by atoms with Crippen LogP contribution in [0.25, 0.3) is 0 Å². The number of hydrogen-bond donors (Lipinski definition) is 2. The second-order valence-corrected chi connectivity index (χ2v) is 4.08. The van der Waals surface area contributed by atoms with E-state index in [0.29, 0.717) is 0 Å². The van der Waals surface area contributed by atoms with Crippen molar-refractivity contribution in [1.29, 1.82) is 5.26 Å². The van der Waals surface area contributed by atoms with Gasteiger partial charge in [0.15, 0.2) is 5.82 Å². The summed E-state index contributed by atoms with van der Waals surface area (Å²) in [6, 6.07) is 6.52. The summed E-state index contributed by atoms with van der Waals surface area (Å²) in [4.78, 5) is 11.9. The Kier molecular flexibility index (Phi) is 3.80. The molecule has 1 amide bonds. The topological polar surface area (TPSA) is 78.9 Å². The lowest BCUT2D eigenvalue weighted by Gasteiger charge is -2.09. The fraction of sp³-hybridized carbons (Fsp3) is 0. The Balaban J connectivity index is 2.40. The highest BCUT2D eigenvalue weighted by molar-refractivity contribution is 6.05. The number of rotatable bonds is 2. The monoisotopic (exact) mass is 291 g/mol. The van der Waals surface area contributed by atoms with Gasteiger partial charge < -0.3 is 11.1 Å². The molecule has 0 aliphatic rings. The number of amides is 1. The lowest BCUT2D eigenvalue weighted by molar-refractivity contribution is 0.101. The van der Waals surface area contributed by atoms with Gasteiger partial charge in [-0.1, -0.05) is 0 Å². The van der Waals surface area contributed by atoms with Gasteiger partial charge in [0.05, 0.1) is 16.9 Å². The number of nitriles is 1. The predicted molar refractivity (Wildman–Crippen MR) is 69.8 cm³/mol. The van der Waals surface area contributed by atoms with E-state index in [4.69, 9.17) is 11.0 Å². The first-order valence-corrected chi connectivity index (χ1v) is 5.68. The Morgan fingerprint density at radius 1 is 1.19 bits per heavy atom. The second-order valence-electron chi connectivity index (χ2n) is 4.08. The number of benzene rings is 2. The van der Waals surface area contributed by atoms with Crippen LogP contribution in [0.4, 0.5) is 24.5 Å². The third-order valence-corrected chi connectivity index (χ3v) is 2.70. The minimum absolute atomic E-state index is 0.0647. The van der Waals surface area contributed by atoms with Gasteiger partial charge in [-0.2, -0.15) is 5.26 Å². The van der Waals surface area contributed by atoms with E-state index in [2.05, 4.69) is 5.32 Å². The van der Waals surface area contributed by atoms with E-state index >= 15 is 0 Å². The summed E-state index contributed by atoms with van der Waals surface area (Å²) in [6.07, 6.45) is 0. The molecule has 0 radical (unpaired) electrons. The van der Waals surface area contributed by atoms with E-state index in [-0.39, 0.29) is 16.9 Å². The van der Waals surface area contributed by atoms with Gasteiger partial charge in [0, 0.05) is 0 Å². The maximum Gasteiger partial charge on any atom is 0.261 e. The summed E-state index contributed by atoms with van der Waals surface area (Å²) in [7, 11) is 0. The number of anilines is 2. The van der Waals surface area contributed by atoms with E-state index in [1.807, 2.05) is 0 Å². The first-order chi connectivity index (χ1) is 9.93. The van der Waals surface area contributed by atoms with Crippen LogP contribution in [0.2, 0.25) is 0 Å². The van der Waals surface area contributed by atoms with Gasteiger partial charge in [0.1, 0.15) is 23.3 Å². The molecule has 0 spiro atoms. The van der Waals surface area contributed by atoms with E-state index in [9.17, 15) is 18.0 Å². The zero-order chi connectivity index (χ0) is 15.6. The molecule has 0 saturated heterocycles. The number of halogens is 3. The number of carbonyl (C=O) groups excluding carboxylic acids is 1. The molecule has 0 aromatic heterocycles. The standard InChI is InChI=1S/C14H8F3N3O/c15-8-1-4-11(7(5-8)6-18)20-14(21)12-9(16)2-3-10(19)13(12)17/h1-5H,19H2,(H,20,21). The van der Waals surface area contributed by atoms with Crippen molar-refractivity contribution in [2.24, 2.45) is 0 Å².